The number of pyridine rings is 2. The van der Waals surface area contributed by atoms with Crippen LogP contribution in [0.25, 0.3) is 44.1 Å². The number of nitrogens with zero attached hydrogens (tertiary/aromatic N) is 11. The van der Waals surface area contributed by atoms with Crippen LogP contribution in [0.1, 0.15) is 175 Å². The lowest BCUT2D eigenvalue weighted by atomic mass is 9.86. The lowest BCUT2D eigenvalue weighted by Gasteiger charge is -2.33. The van der Waals surface area contributed by atoms with Crippen LogP contribution in [0.3, 0.4) is 0 Å². The Kier molecular flexibility index (Phi) is 23.1. The summed E-state index contributed by atoms with van der Waals surface area (Å²) in [4.78, 5) is 52.6. The van der Waals surface area contributed by atoms with Gasteiger partial charge in [-0.1, -0.05) is 48.2 Å². The molecule has 4 aliphatic carbocycles. The van der Waals surface area contributed by atoms with Crippen molar-refractivity contribution in [3.8, 4) is 45.9 Å². The second kappa shape index (κ2) is 32.7. The van der Waals surface area contributed by atoms with Gasteiger partial charge in [-0.05, 0) is 156 Å². The van der Waals surface area contributed by atoms with Gasteiger partial charge in [0.2, 0.25) is 0 Å². The Hall–Kier alpha value is -10.9. The number of piperidine rings is 1. The molecule has 2 saturated heterocycles. The summed E-state index contributed by atoms with van der Waals surface area (Å²) >= 11 is 0. The van der Waals surface area contributed by atoms with Crippen LogP contribution >= 0.6 is 0 Å². The number of hydrogen-bond donors (Lipinski definition) is 1. The van der Waals surface area contributed by atoms with E-state index in [4.69, 9.17) is 19.4 Å². The minimum absolute atomic E-state index is 0.0693. The zero-order valence-electron chi connectivity index (χ0n) is 67.1. The molecule has 2 aliphatic heterocycles. The summed E-state index contributed by atoms with van der Waals surface area (Å²) < 4.78 is 270. The standard InChI is InChI=1S/C45H43F7N6O6S.C41H37F7N6O3S/c1-43(2,3)64-42(60)57-23-63-14-13-29(57)11-9-28-10-12-31(32-7-6-8-33-36(22-65(5,61)62)54-56(4)39(32)33)38(53-28)25(15-24-16-26(46)19-27(47)17-24)18-30(59)21-58-41-37(40(55-58)45(50,51)52)34-20-35(34)44(41,48)49;1-53-37-30(7-5-8-31(37)34(51-53)21-58(2,56)57)29-12-11-27(10-9-26-6-3-4-13-49-26)50-36(29)23(14-22-15-24(42)18-25(43)16-22)17-28(55)20-54-39-35(38(52-54)41(46,47)48)32-19-33(32)40(39,44)45/h6-8,10,12,16-17,19,25,29,34-35H,13-15,18,20-23H2,1-5H3;5,7-8,11-12,15-16,18,23,26,32-33,49H,3-4,6,13-14,17,19-21H2,1-2H3/t25-,29?,34+,35-;23-,26?,32+,33-/m11/s1. The molecule has 4 fully saturated rings. The minimum atomic E-state index is -5.07. The van der Waals surface area contributed by atoms with E-state index in [-0.39, 0.29) is 84.7 Å². The van der Waals surface area contributed by atoms with Crippen LogP contribution in [0.15, 0.2) is 97.1 Å². The smallest absolute Gasteiger partial charge is 0.435 e. The highest BCUT2D eigenvalue weighted by Crippen LogP contribution is 2.70. The SMILES string of the molecule is Cn1nc(CS(C)(=O)=O)c2cccc(-c3ccc(C#CC4CCCCN4)nc3[C@@H](CC(=O)Cn3nc(C(F)(F)F)c4c3C(F)(F)[C@@H]3C[C@H]43)Cc3cc(F)cc(F)c3)c21.Cn1nc(CS(C)(=O)=O)c2cccc(-c3ccc(C#CC4CCOCN4C(=O)OC(C)(C)C)nc3[C@@H](CC(=O)Cn3nc(C(F)(F)F)c4c3C(F)(F)[C@@H]3C[C@H]43)Cc3cc(F)cc(F)c3)c21. The van der Waals surface area contributed by atoms with Crippen molar-refractivity contribution in [2.45, 2.75) is 175 Å². The van der Waals surface area contributed by atoms with Crippen LogP contribution in [-0.4, -0.2) is 139 Å². The van der Waals surface area contributed by atoms with Crippen molar-refractivity contribution in [1.82, 2.24) is 59.3 Å². The van der Waals surface area contributed by atoms with Gasteiger partial charge in [0.15, 0.2) is 42.6 Å². The molecule has 21 nitrogen and oxygen atoms in total. The van der Waals surface area contributed by atoms with Crippen molar-refractivity contribution in [2.75, 3.05) is 32.4 Å². The molecule has 1 amide bonds. The van der Waals surface area contributed by atoms with Crippen LogP contribution in [0.5, 0.6) is 0 Å². The molecule has 1 N–H and O–H groups in total. The molecular formula is C86H80F14N12O9S2. The number of alkyl halides is 10. The predicted molar refractivity (Wildman–Crippen MR) is 420 cm³/mol. The first-order valence-corrected chi connectivity index (χ1v) is 43.5. The van der Waals surface area contributed by atoms with E-state index in [2.05, 4.69) is 49.4 Å². The van der Waals surface area contributed by atoms with E-state index in [9.17, 15) is 75.1 Å². The Morgan fingerprint density at radius 1 is 0.585 bits per heavy atom. The van der Waals surface area contributed by atoms with Gasteiger partial charge >= 0.3 is 18.4 Å². The second-order valence-electron chi connectivity index (χ2n) is 33.3. The molecule has 0 bridgehead atoms. The number of benzene rings is 4. The monoisotopic (exact) mass is 1750 g/mol. The van der Waals surface area contributed by atoms with E-state index < -0.39 is 198 Å². The van der Waals surface area contributed by atoms with Gasteiger partial charge in [-0.2, -0.15) is 64.3 Å². The Morgan fingerprint density at radius 2 is 1.02 bits per heavy atom. The Morgan fingerprint density at radius 3 is 1.43 bits per heavy atom. The van der Waals surface area contributed by atoms with Crippen molar-refractivity contribution in [3.63, 3.8) is 0 Å². The fraction of sp³-hybridized carbons (Fsp3) is 0.430. The minimum Gasteiger partial charge on any atom is -0.444 e. The number of sulfone groups is 2. The van der Waals surface area contributed by atoms with Gasteiger partial charge < -0.3 is 14.8 Å². The van der Waals surface area contributed by atoms with Gasteiger partial charge in [-0.25, -0.2) is 49.2 Å². The summed E-state index contributed by atoms with van der Waals surface area (Å²) in [5.41, 5.74) is -2.58. The highest BCUT2D eigenvalue weighted by molar-refractivity contribution is 7.90. The number of fused-ring (bicyclic) bond motifs is 8. The number of aromatic nitrogens is 10. The van der Waals surface area contributed by atoms with Crippen LogP contribution in [0, 0.1) is 58.8 Å². The molecule has 10 aromatic rings. The number of para-hydroxylation sites is 2. The number of carbonyl (C=O) groups excluding carboxylic acids is 3. The number of amides is 1. The predicted octanol–water partition coefficient (Wildman–Crippen LogP) is 15.6. The highest BCUT2D eigenvalue weighted by Gasteiger charge is 2.70. The number of halogens is 14. The number of hydrogen-bond acceptors (Lipinski definition) is 16. The van der Waals surface area contributed by atoms with E-state index >= 15 is 17.6 Å². The Balaban J connectivity index is 0.000000192. The molecule has 6 aliphatic rings. The molecule has 2 unspecified atom stereocenters. The van der Waals surface area contributed by atoms with Gasteiger partial charge in [-0.3, -0.25) is 33.2 Å². The fourth-order valence-corrected chi connectivity index (χ4v) is 18.9. The van der Waals surface area contributed by atoms with E-state index in [1.807, 2.05) is 0 Å². The number of ketones is 2. The summed E-state index contributed by atoms with van der Waals surface area (Å²) in [6, 6.07) is 21.6. The van der Waals surface area contributed by atoms with Crippen molar-refractivity contribution < 1.29 is 102 Å². The second-order valence-corrected chi connectivity index (χ2v) is 37.6. The lowest BCUT2D eigenvalue weighted by molar-refractivity contribution is -0.143. The van der Waals surface area contributed by atoms with Crippen LogP contribution in [0.2, 0.25) is 0 Å². The molecular weight excluding hydrogens is 1680 g/mol. The lowest BCUT2D eigenvalue weighted by Crippen LogP contribution is -2.47. The molecule has 37 heteroatoms. The molecule has 123 heavy (non-hydrogen) atoms. The third-order valence-corrected chi connectivity index (χ3v) is 24.1. The fourth-order valence-electron chi connectivity index (χ4n) is 17.4. The summed E-state index contributed by atoms with van der Waals surface area (Å²) in [6.07, 6.45) is -7.34. The van der Waals surface area contributed by atoms with Crippen molar-refractivity contribution >= 4 is 59.1 Å². The molecule has 0 spiro atoms. The number of carbonyl (C=O) groups is 3. The van der Waals surface area contributed by atoms with Gasteiger partial charge in [0, 0.05) is 126 Å². The molecule has 8 atom stereocenters. The first-order chi connectivity index (χ1) is 57.7. The number of ether oxygens (including phenoxy) is 2. The molecule has 6 aromatic heterocycles. The number of Topliss-reactive ketones (excluding diaryl/α,β-unsaturated/α-hetero) is 2. The number of aryl methyl sites for hydroxylation is 2. The van der Waals surface area contributed by atoms with Gasteiger partial charge in [0.25, 0.3) is 11.8 Å². The summed E-state index contributed by atoms with van der Waals surface area (Å²) in [5, 5.41) is 20.3. The molecule has 16 rings (SSSR count). The summed E-state index contributed by atoms with van der Waals surface area (Å²) in [6.45, 7) is 4.19. The third kappa shape index (κ3) is 18.5. The average Bonchev–Trinajstić information content (AvgIpc) is 1.52. The van der Waals surface area contributed by atoms with E-state index in [0.29, 0.717) is 83.4 Å². The van der Waals surface area contributed by atoms with Crippen molar-refractivity contribution in [1.29, 1.82) is 0 Å². The van der Waals surface area contributed by atoms with Crippen LogP contribution < -0.4 is 5.32 Å². The topological polar surface area (TPSA) is 250 Å². The summed E-state index contributed by atoms with van der Waals surface area (Å²) in [7, 11) is -3.82. The molecule has 8 heterocycles. The average molecular weight is 1760 g/mol. The van der Waals surface area contributed by atoms with Gasteiger partial charge in [0.1, 0.15) is 77.5 Å². The Labute approximate surface area is 696 Å². The third-order valence-electron chi connectivity index (χ3n) is 22.5. The molecule has 648 valence electrons. The largest absolute Gasteiger partial charge is 0.444 e. The zero-order valence-corrected chi connectivity index (χ0v) is 68.7. The van der Waals surface area contributed by atoms with Crippen molar-refractivity contribution in [3.05, 3.63) is 200 Å². The van der Waals surface area contributed by atoms with E-state index in [1.165, 1.54) is 14.3 Å². The molecule has 4 aromatic carbocycles. The number of nitrogens with one attached hydrogen (secondary N) is 1. The van der Waals surface area contributed by atoms with Gasteiger partial charge in [-0.15, -0.1) is 0 Å². The Bertz CT molecular complexity index is 6260. The highest BCUT2D eigenvalue weighted by atomic mass is 32.2. The first-order valence-electron chi connectivity index (χ1n) is 39.4. The maximum atomic E-state index is 15.6. The maximum Gasteiger partial charge on any atom is 0.435 e. The quantitative estimate of drug-likeness (QED) is 0.0550. The molecule has 0 radical (unpaired) electrons. The van der Waals surface area contributed by atoms with Gasteiger partial charge in [0.05, 0.1) is 58.0 Å². The molecule has 2 saturated carbocycles. The van der Waals surface area contributed by atoms with E-state index in [0.717, 1.165) is 62.6 Å². The zero-order chi connectivity index (χ0) is 88.3. The summed E-state index contributed by atoms with van der Waals surface area (Å²) in [5.74, 6) is -7.84. The maximum absolute atomic E-state index is 15.6. The van der Waals surface area contributed by atoms with Crippen molar-refractivity contribution in [2.24, 2.45) is 25.9 Å². The first kappa shape index (κ1) is 87.0. The van der Waals surface area contributed by atoms with Crippen LogP contribution in [0.4, 0.5) is 66.3 Å². The number of rotatable bonds is 20. The van der Waals surface area contributed by atoms with Crippen LogP contribution in [-0.2, 0) is 114 Å². The van der Waals surface area contributed by atoms with E-state index in [1.54, 1.807) is 95.5 Å². The normalized spacial score (nSPS) is 20.0.